The Balaban J connectivity index is 2.23. The van der Waals surface area contributed by atoms with Crippen LogP contribution in [-0.4, -0.2) is 11.2 Å². The average Bonchev–Trinajstić information content (AvgIpc) is 2.48. The molecule has 0 atom stereocenters. The maximum absolute atomic E-state index is 11.0. The Kier molecular flexibility index (Phi) is 4.33. The van der Waals surface area contributed by atoms with E-state index in [1.165, 1.54) is 23.8 Å². The first-order valence-corrected chi connectivity index (χ1v) is 6.44. The first-order valence-electron chi connectivity index (χ1n) is 6.44. The third-order valence-electron chi connectivity index (χ3n) is 3.28. The first kappa shape index (κ1) is 14.7. The predicted octanol–water partition coefficient (Wildman–Crippen LogP) is 3.60. The second-order valence-corrected chi connectivity index (χ2v) is 4.81. The summed E-state index contributed by atoms with van der Waals surface area (Å²) >= 11 is 0. The second kappa shape index (κ2) is 6.17. The molecule has 0 aliphatic rings. The number of carbonyl (C=O) groups is 1. The highest BCUT2D eigenvalue weighted by Gasteiger charge is 2.15. The van der Waals surface area contributed by atoms with Crippen LogP contribution in [0.15, 0.2) is 36.4 Å². The number of benzene rings is 2. The van der Waals surface area contributed by atoms with Crippen molar-refractivity contribution >= 4 is 12.0 Å². The SMILES string of the molecule is Cc1ccc(COc2cc(C=O)ccc2[N+](=O)[O-])cc1C. The van der Waals surface area contributed by atoms with Gasteiger partial charge in [-0.05, 0) is 42.7 Å². The van der Waals surface area contributed by atoms with Crippen LogP contribution in [0.3, 0.4) is 0 Å². The van der Waals surface area contributed by atoms with Crippen molar-refractivity contribution in [2.75, 3.05) is 0 Å². The number of nitro benzene ring substituents is 1. The molecule has 108 valence electrons. The molecule has 0 spiro atoms. The Morgan fingerprint density at radius 1 is 1.14 bits per heavy atom. The van der Waals surface area contributed by atoms with E-state index in [4.69, 9.17) is 4.74 Å². The predicted molar refractivity (Wildman–Crippen MR) is 78.7 cm³/mol. The van der Waals surface area contributed by atoms with Gasteiger partial charge >= 0.3 is 5.69 Å². The van der Waals surface area contributed by atoms with E-state index >= 15 is 0 Å². The Morgan fingerprint density at radius 3 is 2.52 bits per heavy atom. The van der Waals surface area contributed by atoms with E-state index in [2.05, 4.69) is 0 Å². The number of carbonyl (C=O) groups excluding carboxylic acids is 1. The molecule has 0 aliphatic heterocycles. The highest BCUT2D eigenvalue weighted by atomic mass is 16.6. The Hall–Kier alpha value is -2.69. The largest absolute Gasteiger partial charge is 0.482 e. The summed E-state index contributed by atoms with van der Waals surface area (Å²) in [7, 11) is 0. The van der Waals surface area contributed by atoms with Crippen LogP contribution in [0.1, 0.15) is 27.0 Å². The van der Waals surface area contributed by atoms with E-state index in [0.717, 1.165) is 11.1 Å². The number of hydrogen-bond donors (Lipinski definition) is 0. The Labute approximate surface area is 122 Å². The number of ether oxygens (including phenoxy) is 1. The van der Waals surface area contributed by atoms with Gasteiger partial charge in [-0.25, -0.2) is 0 Å². The molecule has 0 bridgehead atoms. The topological polar surface area (TPSA) is 69.4 Å². The van der Waals surface area contributed by atoms with E-state index in [9.17, 15) is 14.9 Å². The van der Waals surface area contributed by atoms with Crippen LogP contribution < -0.4 is 4.74 Å². The molecule has 0 N–H and O–H groups in total. The summed E-state index contributed by atoms with van der Waals surface area (Å²) in [4.78, 5) is 21.2. The summed E-state index contributed by atoms with van der Waals surface area (Å²) in [6.07, 6.45) is 0.632. The van der Waals surface area contributed by atoms with E-state index in [1.54, 1.807) is 0 Å². The van der Waals surface area contributed by atoms with Gasteiger partial charge in [-0.15, -0.1) is 0 Å². The highest BCUT2D eigenvalue weighted by Crippen LogP contribution is 2.28. The van der Waals surface area contributed by atoms with Crippen LogP contribution in [0, 0.1) is 24.0 Å². The summed E-state index contributed by atoms with van der Waals surface area (Å²) in [5.74, 6) is 0.0998. The molecule has 0 unspecified atom stereocenters. The third kappa shape index (κ3) is 3.45. The van der Waals surface area contributed by atoms with E-state index in [1.807, 2.05) is 32.0 Å². The summed E-state index contributed by atoms with van der Waals surface area (Å²) < 4.78 is 5.52. The summed E-state index contributed by atoms with van der Waals surface area (Å²) in [6, 6.07) is 9.92. The molecule has 2 aromatic carbocycles. The number of nitrogens with zero attached hydrogens (tertiary/aromatic N) is 1. The van der Waals surface area contributed by atoms with Gasteiger partial charge in [0.2, 0.25) is 0 Å². The Bertz CT molecular complexity index is 695. The molecule has 5 heteroatoms. The number of nitro groups is 1. The van der Waals surface area contributed by atoms with E-state index in [0.29, 0.717) is 11.8 Å². The lowest BCUT2D eigenvalue weighted by atomic mass is 10.1. The van der Waals surface area contributed by atoms with Crippen molar-refractivity contribution in [1.29, 1.82) is 0 Å². The van der Waals surface area contributed by atoms with Crippen molar-refractivity contribution in [2.24, 2.45) is 0 Å². The quantitative estimate of drug-likeness (QED) is 0.478. The number of hydrogen-bond acceptors (Lipinski definition) is 4. The molecule has 0 saturated heterocycles. The van der Waals surface area contributed by atoms with Crippen LogP contribution in [0.2, 0.25) is 0 Å². The molecular formula is C16H15NO4. The smallest absolute Gasteiger partial charge is 0.310 e. The molecule has 0 aliphatic carbocycles. The number of aldehydes is 1. The molecule has 0 amide bonds. The summed E-state index contributed by atoms with van der Waals surface area (Å²) in [5, 5.41) is 11.0. The molecule has 2 aromatic rings. The van der Waals surface area contributed by atoms with Crippen LogP contribution in [0.25, 0.3) is 0 Å². The van der Waals surface area contributed by atoms with Gasteiger partial charge in [-0.3, -0.25) is 14.9 Å². The minimum Gasteiger partial charge on any atom is -0.482 e. The van der Waals surface area contributed by atoms with Crippen molar-refractivity contribution in [1.82, 2.24) is 0 Å². The zero-order chi connectivity index (χ0) is 15.4. The van der Waals surface area contributed by atoms with Gasteiger partial charge in [-0.1, -0.05) is 18.2 Å². The fourth-order valence-electron chi connectivity index (χ4n) is 1.92. The maximum atomic E-state index is 11.0. The van der Waals surface area contributed by atoms with Crippen molar-refractivity contribution in [2.45, 2.75) is 20.5 Å². The Morgan fingerprint density at radius 2 is 1.90 bits per heavy atom. The van der Waals surface area contributed by atoms with Crippen molar-refractivity contribution in [3.05, 3.63) is 68.8 Å². The van der Waals surface area contributed by atoms with Crippen LogP contribution >= 0.6 is 0 Å². The zero-order valence-corrected chi connectivity index (χ0v) is 11.8. The minimum atomic E-state index is -0.524. The fourth-order valence-corrected chi connectivity index (χ4v) is 1.92. The van der Waals surface area contributed by atoms with Crippen molar-refractivity contribution in [3.63, 3.8) is 0 Å². The molecule has 2 rings (SSSR count). The van der Waals surface area contributed by atoms with Gasteiger partial charge in [0.25, 0.3) is 0 Å². The van der Waals surface area contributed by atoms with Crippen LogP contribution in [-0.2, 0) is 6.61 Å². The van der Waals surface area contributed by atoms with Gasteiger partial charge in [0.1, 0.15) is 12.9 Å². The highest BCUT2D eigenvalue weighted by molar-refractivity contribution is 5.76. The monoisotopic (exact) mass is 285 g/mol. The van der Waals surface area contributed by atoms with Crippen molar-refractivity contribution in [3.8, 4) is 5.75 Å². The number of rotatable bonds is 5. The normalized spacial score (nSPS) is 10.2. The first-order chi connectivity index (χ1) is 10.0. The van der Waals surface area contributed by atoms with Gasteiger partial charge in [0.05, 0.1) is 4.92 Å². The molecular weight excluding hydrogens is 270 g/mol. The molecule has 0 aromatic heterocycles. The molecule has 0 heterocycles. The molecule has 0 radical (unpaired) electrons. The lowest BCUT2D eigenvalue weighted by Gasteiger charge is -2.09. The lowest BCUT2D eigenvalue weighted by molar-refractivity contribution is -0.385. The third-order valence-corrected chi connectivity index (χ3v) is 3.28. The molecule has 21 heavy (non-hydrogen) atoms. The minimum absolute atomic E-state index is 0.0998. The number of aryl methyl sites for hydroxylation is 2. The second-order valence-electron chi connectivity index (χ2n) is 4.81. The van der Waals surface area contributed by atoms with Gasteiger partial charge in [0.15, 0.2) is 5.75 Å². The molecule has 5 nitrogen and oxygen atoms in total. The van der Waals surface area contributed by atoms with Gasteiger partial charge < -0.3 is 4.74 Å². The van der Waals surface area contributed by atoms with Gasteiger partial charge in [0, 0.05) is 11.6 Å². The summed E-state index contributed by atoms with van der Waals surface area (Å²) in [5.41, 5.74) is 3.42. The van der Waals surface area contributed by atoms with Gasteiger partial charge in [-0.2, -0.15) is 0 Å². The van der Waals surface area contributed by atoms with Crippen LogP contribution in [0.5, 0.6) is 5.75 Å². The van der Waals surface area contributed by atoms with Crippen LogP contribution in [0.4, 0.5) is 5.69 Å². The standard InChI is InChI=1S/C16H15NO4/c1-11-3-4-14(7-12(11)2)10-21-16-8-13(9-18)5-6-15(16)17(19)20/h3-9H,10H2,1-2H3. The molecule has 0 saturated carbocycles. The molecule has 0 fully saturated rings. The zero-order valence-electron chi connectivity index (χ0n) is 11.8. The lowest BCUT2D eigenvalue weighted by Crippen LogP contribution is -2.00. The fraction of sp³-hybridized carbons (Fsp3) is 0.188. The van der Waals surface area contributed by atoms with E-state index < -0.39 is 4.92 Å². The van der Waals surface area contributed by atoms with E-state index in [-0.39, 0.29) is 18.0 Å². The van der Waals surface area contributed by atoms with Crippen molar-refractivity contribution < 1.29 is 14.5 Å². The maximum Gasteiger partial charge on any atom is 0.310 e. The average molecular weight is 285 g/mol. The summed E-state index contributed by atoms with van der Waals surface area (Å²) in [6.45, 7) is 4.22.